The van der Waals surface area contributed by atoms with Gasteiger partial charge in [-0.3, -0.25) is 0 Å². The average molecular weight is 446 g/mol. The summed E-state index contributed by atoms with van der Waals surface area (Å²) in [7, 11) is 1.67. The van der Waals surface area contributed by atoms with Crippen molar-refractivity contribution in [1.82, 2.24) is 4.57 Å². The van der Waals surface area contributed by atoms with Crippen molar-refractivity contribution >= 4 is 27.9 Å². The molecule has 4 heteroatoms. The minimum Gasteiger partial charge on any atom is -0.497 e. The molecule has 0 saturated heterocycles. The summed E-state index contributed by atoms with van der Waals surface area (Å²) < 4.78 is 16.2. The number of nitrogens with zero attached hydrogens (tertiary/aromatic N) is 2. The second kappa shape index (κ2) is 8.23. The van der Waals surface area contributed by atoms with Crippen LogP contribution in [-0.4, -0.2) is 11.7 Å². The van der Waals surface area contributed by atoms with Gasteiger partial charge < -0.3 is 13.7 Å². The van der Waals surface area contributed by atoms with E-state index in [-0.39, 0.29) is 0 Å². The van der Waals surface area contributed by atoms with E-state index in [0.29, 0.717) is 0 Å². The van der Waals surface area contributed by atoms with Crippen LogP contribution in [0.25, 0.3) is 45.0 Å². The highest BCUT2D eigenvalue weighted by atomic mass is 16.5. The van der Waals surface area contributed by atoms with Gasteiger partial charge in [-0.1, -0.05) is 24.3 Å². The predicted octanol–water partition coefficient (Wildman–Crippen LogP) is 5.91. The Hall–Kier alpha value is -4.31. The van der Waals surface area contributed by atoms with E-state index in [1.807, 2.05) is 36.5 Å². The molecule has 0 amide bonds. The Morgan fingerprint density at radius 1 is 0.912 bits per heavy atom. The van der Waals surface area contributed by atoms with Crippen LogP contribution in [0.1, 0.15) is 12.6 Å². The standard InChI is InChI=1S/C30H25N2O2/c1-3-32-24(14-11-21-7-4-5-9-27(21)32)19-23-17-18-31-20-29(22-12-15-25(33-2)16-13-22)34-28-10-6-8-26(23)30(28)31/h4-20H,3H2,1-2H3/q+1. The van der Waals surface area contributed by atoms with E-state index in [1.54, 1.807) is 7.11 Å². The number of aryl methyl sites for hydroxylation is 1. The Labute approximate surface area is 197 Å². The Balaban J connectivity index is 1.55. The van der Waals surface area contributed by atoms with Gasteiger partial charge in [0.15, 0.2) is 11.3 Å². The highest BCUT2D eigenvalue weighted by Crippen LogP contribution is 2.30. The van der Waals surface area contributed by atoms with Crippen LogP contribution >= 0.6 is 0 Å². The van der Waals surface area contributed by atoms with Crippen LogP contribution < -0.4 is 14.5 Å². The summed E-state index contributed by atoms with van der Waals surface area (Å²) in [6.45, 7) is 3.09. The van der Waals surface area contributed by atoms with E-state index in [4.69, 9.17) is 9.15 Å². The molecule has 166 valence electrons. The molecule has 4 aromatic rings. The van der Waals surface area contributed by atoms with Crippen LogP contribution in [-0.2, 0) is 6.54 Å². The maximum absolute atomic E-state index is 6.35. The quantitative estimate of drug-likeness (QED) is 0.316. The van der Waals surface area contributed by atoms with Crippen molar-refractivity contribution in [3.05, 3.63) is 108 Å². The van der Waals surface area contributed by atoms with Crippen molar-refractivity contribution in [3.63, 3.8) is 0 Å². The lowest BCUT2D eigenvalue weighted by Gasteiger charge is -2.16. The Kier molecular flexibility index (Phi) is 4.92. The summed E-state index contributed by atoms with van der Waals surface area (Å²) in [5.41, 5.74) is 5.34. The average Bonchev–Trinajstić information content (AvgIpc) is 2.90. The zero-order valence-corrected chi connectivity index (χ0v) is 19.2. The number of ether oxygens (including phenoxy) is 1. The van der Waals surface area contributed by atoms with Crippen LogP contribution in [0.4, 0.5) is 0 Å². The Morgan fingerprint density at radius 3 is 2.59 bits per heavy atom. The molecule has 0 unspecified atom stereocenters. The van der Waals surface area contributed by atoms with Gasteiger partial charge in [0.25, 0.3) is 0 Å². The van der Waals surface area contributed by atoms with Crippen molar-refractivity contribution in [3.8, 4) is 22.8 Å². The van der Waals surface area contributed by atoms with Crippen LogP contribution in [0.2, 0.25) is 0 Å². The molecule has 6 rings (SSSR count). The van der Waals surface area contributed by atoms with Crippen LogP contribution in [0.5, 0.6) is 5.75 Å². The molecule has 0 bridgehead atoms. The third kappa shape index (κ3) is 3.35. The molecule has 34 heavy (non-hydrogen) atoms. The van der Waals surface area contributed by atoms with Crippen LogP contribution in [0, 0.1) is 0 Å². The molecule has 0 fully saturated rings. The summed E-state index contributed by atoms with van der Waals surface area (Å²) in [6, 6.07) is 29.3. The van der Waals surface area contributed by atoms with E-state index in [2.05, 4.69) is 82.9 Å². The maximum atomic E-state index is 6.35. The van der Waals surface area contributed by atoms with Crippen molar-refractivity contribution in [2.75, 3.05) is 7.11 Å². The van der Waals surface area contributed by atoms with Crippen molar-refractivity contribution in [2.45, 2.75) is 13.5 Å². The van der Waals surface area contributed by atoms with E-state index in [0.717, 1.165) is 45.5 Å². The fourth-order valence-electron chi connectivity index (χ4n) is 4.74. The summed E-state index contributed by atoms with van der Waals surface area (Å²) >= 11 is 0. The Morgan fingerprint density at radius 2 is 1.76 bits per heavy atom. The largest absolute Gasteiger partial charge is 0.497 e. The number of fused-ring (bicyclic) bond motifs is 1. The third-order valence-corrected chi connectivity index (χ3v) is 6.43. The molecule has 1 aromatic heterocycles. The number of pyridine rings is 2. The smallest absolute Gasteiger partial charge is 0.212 e. The normalized spacial score (nSPS) is 12.1. The van der Waals surface area contributed by atoms with Crippen molar-refractivity contribution < 1.29 is 13.7 Å². The van der Waals surface area contributed by atoms with Gasteiger partial charge in [0.05, 0.1) is 19.0 Å². The fraction of sp³-hybridized carbons (Fsp3) is 0.100. The molecule has 3 aromatic carbocycles. The van der Waals surface area contributed by atoms with E-state index in [9.17, 15) is 0 Å². The minimum absolute atomic E-state index is 0.808. The zero-order chi connectivity index (χ0) is 23.1. The summed E-state index contributed by atoms with van der Waals surface area (Å²) in [4.78, 5) is 0. The van der Waals surface area contributed by atoms with Crippen molar-refractivity contribution in [1.29, 1.82) is 0 Å². The molecule has 2 aliphatic rings. The molecule has 0 N–H and O–H groups in total. The number of methoxy groups -OCH3 is 1. The van der Waals surface area contributed by atoms with E-state index in [1.165, 1.54) is 16.6 Å². The zero-order valence-electron chi connectivity index (χ0n) is 19.2. The number of hydrogen-bond donors (Lipinski definition) is 0. The molecule has 0 atom stereocenters. The van der Waals surface area contributed by atoms with Gasteiger partial charge in [0.1, 0.15) is 12.3 Å². The highest BCUT2D eigenvalue weighted by molar-refractivity contribution is 5.84. The highest BCUT2D eigenvalue weighted by Gasteiger charge is 2.15. The van der Waals surface area contributed by atoms with Gasteiger partial charge in [-0.25, -0.2) is 0 Å². The Bertz CT molecular complexity index is 1670. The van der Waals surface area contributed by atoms with Gasteiger partial charge in [0, 0.05) is 40.7 Å². The SMILES string of the molecule is CC[n+]1c(/C=c2/ccn3cc(-c4ccc(OC)cc4)oc4cccc2c4-3)ccc2ccccc21. The number of benzene rings is 3. The van der Waals surface area contributed by atoms with Crippen molar-refractivity contribution in [2.24, 2.45) is 0 Å². The van der Waals surface area contributed by atoms with Gasteiger partial charge >= 0.3 is 0 Å². The third-order valence-electron chi connectivity index (χ3n) is 6.43. The molecule has 2 aliphatic heterocycles. The lowest BCUT2D eigenvalue weighted by Crippen LogP contribution is -2.37. The molecular formula is C30H25N2O2+. The maximum Gasteiger partial charge on any atom is 0.212 e. The van der Waals surface area contributed by atoms with Crippen LogP contribution in [0.3, 0.4) is 0 Å². The molecule has 0 saturated carbocycles. The van der Waals surface area contributed by atoms with E-state index < -0.39 is 0 Å². The van der Waals surface area contributed by atoms with Gasteiger partial charge in [-0.05, 0) is 60.7 Å². The molecule has 0 aliphatic carbocycles. The van der Waals surface area contributed by atoms with Gasteiger partial charge in [0.2, 0.25) is 11.2 Å². The number of rotatable bonds is 4. The monoisotopic (exact) mass is 445 g/mol. The van der Waals surface area contributed by atoms with E-state index >= 15 is 0 Å². The molecule has 0 radical (unpaired) electrons. The summed E-state index contributed by atoms with van der Waals surface area (Å²) in [6.07, 6.45) is 6.42. The number of para-hydroxylation sites is 2. The predicted molar refractivity (Wildman–Crippen MR) is 136 cm³/mol. The minimum atomic E-state index is 0.808. The molecule has 4 nitrogen and oxygen atoms in total. The second-order valence-corrected chi connectivity index (χ2v) is 8.36. The first kappa shape index (κ1) is 20.3. The van der Waals surface area contributed by atoms with Gasteiger partial charge in [-0.15, -0.1) is 0 Å². The lowest BCUT2D eigenvalue weighted by atomic mass is 10.1. The number of aromatic nitrogens is 2. The summed E-state index contributed by atoms with van der Waals surface area (Å²) in [5, 5.41) is 3.56. The fourth-order valence-corrected chi connectivity index (χ4v) is 4.74. The lowest BCUT2D eigenvalue weighted by molar-refractivity contribution is -0.669. The molecule has 3 heterocycles. The number of hydrogen-bond acceptors (Lipinski definition) is 2. The first-order chi connectivity index (χ1) is 16.7. The second-order valence-electron chi connectivity index (χ2n) is 8.36. The molecular weight excluding hydrogens is 420 g/mol. The topological polar surface area (TPSA) is 31.2 Å². The van der Waals surface area contributed by atoms with Gasteiger partial charge in [-0.2, -0.15) is 4.57 Å². The van der Waals surface area contributed by atoms with Crippen LogP contribution in [0.15, 0.2) is 102 Å². The first-order valence-corrected chi connectivity index (χ1v) is 11.5. The summed E-state index contributed by atoms with van der Waals surface area (Å²) in [5.74, 6) is 1.64. The molecule has 0 spiro atoms. The first-order valence-electron chi connectivity index (χ1n) is 11.5.